The van der Waals surface area contributed by atoms with Crippen molar-refractivity contribution in [2.45, 2.75) is 66.1 Å². The topological polar surface area (TPSA) is 52.6 Å². The van der Waals surface area contributed by atoms with Gasteiger partial charge in [-0.05, 0) is 20.8 Å². The molecule has 0 fully saturated rings. The maximum atomic E-state index is 11.9. The van der Waals surface area contributed by atoms with E-state index in [4.69, 9.17) is 9.47 Å². The predicted molar refractivity (Wildman–Crippen MR) is 70.3 cm³/mol. The number of carbonyl (C=O) groups is 2. The lowest BCUT2D eigenvalue weighted by Gasteiger charge is -2.32. The lowest BCUT2D eigenvalue weighted by molar-refractivity contribution is -0.160. The normalized spacial score (nSPS) is 14.2. The summed E-state index contributed by atoms with van der Waals surface area (Å²) in [5.41, 5.74) is -1.20. The van der Waals surface area contributed by atoms with Gasteiger partial charge in [0.15, 0.2) is 0 Å². The Morgan fingerprint density at radius 1 is 1.11 bits per heavy atom. The maximum absolute atomic E-state index is 11.9. The molecule has 106 valence electrons. The van der Waals surface area contributed by atoms with E-state index in [9.17, 15) is 9.59 Å². The van der Waals surface area contributed by atoms with E-state index < -0.39 is 17.1 Å². The largest absolute Gasteiger partial charge is 0.460 e. The fourth-order valence-electron chi connectivity index (χ4n) is 1.80. The molecule has 0 aromatic heterocycles. The molecule has 0 unspecified atom stereocenters. The zero-order valence-electron chi connectivity index (χ0n) is 12.6. The smallest absolute Gasteiger partial charge is 0.308 e. The molecule has 1 atom stereocenters. The predicted octanol–water partition coefficient (Wildman–Crippen LogP) is 2.74. The Labute approximate surface area is 110 Å². The van der Waals surface area contributed by atoms with Crippen molar-refractivity contribution in [1.29, 1.82) is 0 Å². The van der Waals surface area contributed by atoms with E-state index in [-0.39, 0.29) is 18.2 Å². The van der Waals surface area contributed by atoms with Gasteiger partial charge in [-0.25, -0.2) is 0 Å². The van der Waals surface area contributed by atoms with Crippen LogP contribution in [0.2, 0.25) is 0 Å². The van der Waals surface area contributed by atoms with Crippen molar-refractivity contribution in [3.05, 3.63) is 0 Å². The minimum atomic E-state index is -0.680. The van der Waals surface area contributed by atoms with Crippen LogP contribution in [0.1, 0.15) is 54.4 Å². The number of hydrogen-bond donors (Lipinski definition) is 0. The Kier molecular flexibility index (Phi) is 6.00. The van der Waals surface area contributed by atoms with E-state index in [1.807, 2.05) is 27.7 Å². The van der Waals surface area contributed by atoms with Crippen molar-refractivity contribution >= 4 is 11.8 Å². The monoisotopic (exact) mass is 258 g/mol. The van der Waals surface area contributed by atoms with Crippen LogP contribution in [0.25, 0.3) is 0 Å². The van der Waals surface area contributed by atoms with E-state index in [1.54, 1.807) is 13.8 Å². The van der Waals surface area contributed by atoms with Crippen LogP contribution in [0.5, 0.6) is 0 Å². The van der Waals surface area contributed by atoms with E-state index in [2.05, 4.69) is 0 Å². The third-order valence-electron chi connectivity index (χ3n) is 2.90. The van der Waals surface area contributed by atoms with Crippen LogP contribution < -0.4 is 0 Å². The summed E-state index contributed by atoms with van der Waals surface area (Å²) in [4.78, 5) is 23.6. The number of methoxy groups -OCH3 is 1. The first kappa shape index (κ1) is 17.1. The van der Waals surface area contributed by atoms with Crippen molar-refractivity contribution in [3.8, 4) is 0 Å². The fraction of sp³-hybridized carbons (Fsp3) is 0.857. The Bertz CT molecular complexity index is 299. The highest BCUT2D eigenvalue weighted by Gasteiger charge is 2.37. The number of hydrogen-bond acceptors (Lipinski definition) is 4. The minimum absolute atomic E-state index is 0.0814. The van der Waals surface area contributed by atoms with Crippen LogP contribution in [0.3, 0.4) is 0 Å². The summed E-state index contributed by atoms with van der Waals surface area (Å²) >= 11 is 0. The summed E-state index contributed by atoms with van der Waals surface area (Å²) in [5.74, 6) is -0.260. The number of ketones is 1. The number of esters is 1. The molecule has 0 radical (unpaired) electrons. The highest BCUT2D eigenvalue weighted by atomic mass is 16.6. The van der Waals surface area contributed by atoms with Gasteiger partial charge in [-0.3, -0.25) is 9.59 Å². The third kappa shape index (κ3) is 5.17. The van der Waals surface area contributed by atoms with Crippen LogP contribution >= 0.6 is 0 Å². The highest BCUT2D eigenvalue weighted by Crippen LogP contribution is 2.28. The van der Waals surface area contributed by atoms with Crippen LogP contribution in [-0.4, -0.2) is 30.6 Å². The number of Topliss-reactive ketones (excluding diaryl/α,β-unsaturated/α-hetero) is 1. The second-order valence-electron chi connectivity index (χ2n) is 6.01. The first-order chi connectivity index (χ1) is 8.04. The number of carbonyl (C=O) groups excluding carboxylic acids is 2. The molecule has 0 N–H and O–H groups in total. The van der Waals surface area contributed by atoms with E-state index >= 15 is 0 Å². The van der Waals surface area contributed by atoms with E-state index in [0.29, 0.717) is 6.42 Å². The Morgan fingerprint density at radius 2 is 1.61 bits per heavy atom. The lowest BCUT2D eigenvalue weighted by atomic mass is 9.79. The van der Waals surface area contributed by atoms with Gasteiger partial charge in [0, 0.05) is 13.5 Å². The molecule has 0 aromatic carbocycles. The van der Waals surface area contributed by atoms with E-state index in [0.717, 1.165) is 0 Å². The molecule has 4 heteroatoms. The molecule has 0 saturated carbocycles. The second kappa shape index (κ2) is 6.32. The molecule has 0 aliphatic rings. The third-order valence-corrected chi connectivity index (χ3v) is 2.90. The van der Waals surface area contributed by atoms with E-state index in [1.165, 1.54) is 7.11 Å². The lowest BCUT2D eigenvalue weighted by Crippen LogP contribution is -2.40. The van der Waals surface area contributed by atoms with Crippen molar-refractivity contribution in [2.75, 3.05) is 7.11 Å². The van der Waals surface area contributed by atoms with Crippen molar-refractivity contribution in [3.63, 3.8) is 0 Å². The Morgan fingerprint density at radius 3 is 1.94 bits per heavy atom. The standard InChI is InChI=1S/C14H26O4/c1-8-10(15)14(5,6)11(17-7)9-12(16)18-13(2,3)4/h11H,8-9H2,1-7H3/t11-/m1/s1. The fourth-order valence-corrected chi connectivity index (χ4v) is 1.80. The van der Waals surface area contributed by atoms with Gasteiger partial charge >= 0.3 is 5.97 Å². The van der Waals surface area contributed by atoms with Gasteiger partial charge < -0.3 is 9.47 Å². The highest BCUT2D eigenvalue weighted by molar-refractivity contribution is 5.85. The van der Waals surface area contributed by atoms with Gasteiger partial charge in [0.05, 0.1) is 17.9 Å². The Hall–Kier alpha value is -0.900. The molecule has 0 saturated heterocycles. The van der Waals surface area contributed by atoms with Crippen molar-refractivity contribution < 1.29 is 19.1 Å². The van der Waals surface area contributed by atoms with Gasteiger partial charge in [-0.1, -0.05) is 20.8 Å². The molecule has 0 bridgehead atoms. The Balaban J connectivity index is 4.71. The van der Waals surface area contributed by atoms with Crippen LogP contribution in [0, 0.1) is 5.41 Å². The quantitative estimate of drug-likeness (QED) is 0.687. The van der Waals surface area contributed by atoms with Crippen LogP contribution in [-0.2, 0) is 19.1 Å². The first-order valence-corrected chi connectivity index (χ1v) is 6.32. The average Bonchev–Trinajstić information content (AvgIpc) is 2.21. The molecular weight excluding hydrogens is 232 g/mol. The summed E-state index contributed by atoms with van der Waals surface area (Å²) in [5, 5.41) is 0. The van der Waals surface area contributed by atoms with Gasteiger partial charge in [-0.15, -0.1) is 0 Å². The summed E-state index contributed by atoms with van der Waals surface area (Å²) < 4.78 is 10.5. The van der Waals surface area contributed by atoms with Gasteiger partial charge in [0.2, 0.25) is 0 Å². The molecule has 18 heavy (non-hydrogen) atoms. The minimum Gasteiger partial charge on any atom is -0.460 e. The van der Waals surface area contributed by atoms with Crippen molar-refractivity contribution in [2.24, 2.45) is 5.41 Å². The summed E-state index contributed by atoms with van der Waals surface area (Å²) in [6, 6.07) is 0. The molecule has 0 heterocycles. The zero-order chi connectivity index (χ0) is 14.6. The first-order valence-electron chi connectivity index (χ1n) is 6.32. The van der Waals surface area contributed by atoms with Crippen LogP contribution in [0.15, 0.2) is 0 Å². The van der Waals surface area contributed by atoms with Gasteiger partial charge in [0.1, 0.15) is 11.4 Å². The van der Waals surface area contributed by atoms with Gasteiger partial charge in [-0.2, -0.15) is 0 Å². The SMILES string of the molecule is CCC(=O)C(C)(C)[C@@H](CC(=O)OC(C)(C)C)OC. The number of ether oxygens (including phenoxy) is 2. The molecule has 0 spiro atoms. The summed E-state index contributed by atoms with van der Waals surface area (Å²) in [6.07, 6.45) is 0.0630. The molecule has 0 amide bonds. The summed E-state index contributed by atoms with van der Waals surface area (Å²) in [6.45, 7) is 10.9. The second-order valence-corrected chi connectivity index (χ2v) is 6.01. The molecule has 4 nitrogen and oxygen atoms in total. The van der Waals surface area contributed by atoms with Crippen LogP contribution in [0.4, 0.5) is 0 Å². The molecular formula is C14H26O4. The molecule has 0 aliphatic carbocycles. The number of rotatable bonds is 6. The van der Waals surface area contributed by atoms with Gasteiger partial charge in [0.25, 0.3) is 0 Å². The molecule has 0 aromatic rings. The summed E-state index contributed by atoms with van der Waals surface area (Å²) in [7, 11) is 1.51. The maximum Gasteiger partial charge on any atom is 0.308 e. The molecule has 0 rings (SSSR count). The average molecular weight is 258 g/mol. The van der Waals surface area contributed by atoms with Crippen molar-refractivity contribution in [1.82, 2.24) is 0 Å². The molecule has 0 aliphatic heterocycles. The zero-order valence-corrected chi connectivity index (χ0v) is 12.6.